The summed E-state index contributed by atoms with van der Waals surface area (Å²) in [6, 6.07) is 0.261. The Morgan fingerprint density at radius 2 is 2.07 bits per heavy atom. The quantitative estimate of drug-likeness (QED) is 0.769. The average molecular weight is 419 g/mol. The first-order valence-electron chi connectivity index (χ1n) is 10.2. The van der Waals surface area contributed by atoms with Crippen LogP contribution < -0.4 is 11.1 Å². The second-order valence-electron chi connectivity index (χ2n) is 8.47. The van der Waals surface area contributed by atoms with E-state index in [-0.39, 0.29) is 29.2 Å². The summed E-state index contributed by atoms with van der Waals surface area (Å²) in [6.07, 6.45) is 7.17. The van der Waals surface area contributed by atoms with E-state index >= 15 is 0 Å². The monoisotopic (exact) mass is 418 g/mol. The molecule has 0 aromatic carbocycles. The fourth-order valence-electron chi connectivity index (χ4n) is 4.65. The van der Waals surface area contributed by atoms with E-state index in [4.69, 9.17) is 10.6 Å². The van der Waals surface area contributed by atoms with Crippen LogP contribution in [0.3, 0.4) is 0 Å². The van der Waals surface area contributed by atoms with Gasteiger partial charge >= 0.3 is 0 Å². The maximum Gasteiger partial charge on any atom is 0.159 e. The van der Waals surface area contributed by atoms with Gasteiger partial charge in [-0.3, -0.25) is 0 Å². The molecule has 0 atom stereocenters. The highest BCUT2D eigenvalue weighted by Crippen LogP contribution is 2.44. The Kier molecular flexibility index (Phi) is 4.32. The van der Waals surface area contributed by atoms with Gasteiger partial charge < -0.3 is 15.9 Å². The van der Waals surface area contributed by atoms with E-state index in [9.17, 15) is 8.42 Å². The summed E-state index contributed by atoms with van der Waals surface area (Å²) in [5.74, 6) is 0.432. The molecular weight excluding hydrogens is 392 g/mol. The highest BCUT2D eigenvalue weighted by Gasteiger charge is 2.49. The standard InChI is InChI=1S/C19H26N6O3S/c1-2-25-18-15(11-22-25)17(23-13-3-5-29(26,27)6-4-13)14(10-21-18)16-9-19(28-24-16)7-12(20)8-19/h10-13H,2-9,20H2,1H3,(H,21,23). The first-order valence-corrected chi connectivity index (χ1v) is 12.0. The number of hydrogen-bond acceptors (Lipinski definition) is 8. The predicted octanol–water partition coefficient (Wildman–Crippen LogP) is 1.42. The first kappa shape index (κ1) is 18.8. The zero-order chi connectivity index (χ0) is 20.2. The van der Waals surface area contributed by atoms with E-state index in [0.29, 0.717) is 19.3 Å². The number of nitrogens with two attached hydrogens (primary N) is 1. The molecule has 1 saturated carbocycles. The second-order valence-corrected chi connectivity index (χ2v) is 10.8. The highest BCUT2D eigenvalue weighted by atomic mass is 32.2. The predicted molar refractivity (Wildman–Crippen MR) is 111 cm³/mol. The van der Waals surface area contributed by atoms with Crippen molar-refractivity contribution in [3.05, 3.63) is 18.0 Å². The third-order valence-electron chi connectivity index (χ3n) is 6.29. The molecule has 1 aliphatic carbocycles. The van der Waals surface area contributed by atoms with Crippen molar-refractivity contribution < 1.29 is 13.3 Å². The van der Waals surface area contributed by atoms with Crippen LogP contribution in [-0.2, 0) is 21.2 Å². The van der Waals surface area contributed by atoms with Crippen LogP contribution in [0.4, 0.5) is 5.69 Å². The smallest absolute Gasteiger partial charge is 0.159 e. The van der Waals surface area contributed by atoms with Crippen LogP contribution in [0.15, 0.2) is 17.5 Å². The maximum absolute atomic E-state index is 11.8. The number of oxime groups is 1. The van der Waals surface area contributed by atoms with Gasteiger partial charge in [-0.1, -0.05) is 5.16 Å². The number of nitrogens with one attached hydrogen (secondary N) is 1. The number of sulfone groups is 1. The van der Waals surface area contributed by atoms with Crippen LogP contribution in [0.5, 0.6) is 0 Å². The van der Waals surface area contributed by atoms with Gasteiger partial charge in [0.1, 0.15) is 15.4 Å². The fraction of sp³-hybridized carbons (Fsp3) is 0.632. The maximum atomic E-state index is 11.8. The lowest BCUT2D eigenvalue weighted by Crippen LogP contribution is -2.51. The van der Waals surface area contributed by atoms with Gasteiger partial charge in [0.2, 0.25) is 0 Å². The number of fused-ring (bicyclic) bond motifs is 1. The third kappa shape index (κ3) is 3.28. The van der Waals surface area contributed by atoms with E-state index in [1.165, 1.54) is 0 Å². The first-order chi connectivity index (χ1) is 13.9. The number of pyridine rings is 1. The van der Waals surface area contributed by atoms with Gasteiger partial charge in [-0.05, 0) is 19.8 Å². The van der Waals surface area contributed by atoms with Crippen molar-refractivity contribution in [3.8, 4) is 0 Å². The van der Waals surface area contributed by atoms with Gasteiger partial charge in [0, 0.05) is 49.7 Å². The molecule has 3 aliphatic rings. The summed E-state index contributed by atoms with van der Waals surface area (Å²) < 4.78 is 25.5. The average Bonchev–Trinajstić information content (AvgIpc) is 3.28. The molecule has 1 saturated heterocycles. The SMILES string of the molecule is CCn1ncc2c(NC3CCS(=O)(=O)CC3)c(C3=NOC4(C3)CC(N)C4)cnc21. The second kappa shape index (κ2) is 6.66. The molecule has 0 amide bonds. The van der Waals surface area contributed by atoms with Crippen LogP contribution >= 0.6 is 0 Å². The van der Waals surface area contributed by atoms with Crippen molar-refractivity contribution in [2.24, 2.45) is 10.9 Å². The van der Waals surface area contributed by atoms with Gasteiger partial charge in [0.05, 0.1) is 34.5 Å². The summed E-state index contributed by atoms with van der Waals surface area (Å²) in [6.45, 7) is 2.75. The largest absolute Gasteiger partial charge is 0.388 e. The van der Waals surface area contributed by atoms with Crippen molar-refractivity contribution in [1.29, 1.82) is 0 Å². The highest BCUT2D eigenvalue weighted by molar-refractivity contribution is 7.91. The minimum absolute atomic E-state index is 0.0851. The Morgan fingerprint density at radius 3 is 2.76 bits per heavy atom. The minimum atomic E-state index is -2.92. The van der Waals surface area contributed by atoms with Crippen molar-refractivity contribution in [2.45, 2.75) is 63.3 Å². The topological polar surface area (TPSA) is 124 Å². The van der Waals surface area contributed by atoms with Gasteiger partial charge in [-0.2, -0.15) is 5.10 Å². The summed E-state index contributed by atoms with van der Waals surface area (Å²) in [5.41, 5.74) is 9.19. The van der Waals surface area contributed by atoms with Crippen LogP contribution in [0.1, 0.15) is 44.6 Å². The van der Waals surface area contributed by atoms with Crippen molar-refractivity contribution >= 4 is 32.3 Å². The number of rotatable bonds is 4. The molecule has 2 aromatic rings. The molecule has 0 unspecified atom stereocenters. The Labute approximate surface area is 169 Å². The molecule has 2 aliphatic heterocycles. The zero-order valence-corrected chi connectivity index (χ0v) is 17.3. The molecule has 29 heavy (non-hydrogen) atoms. The summed E-state index contributed by atoms with van der Waals surface area (Å²) >= 11 is 0. The van der Waals surface area contributed by atoms with Crippen molar-refractivity contribution in [3.63, 3.8) is 0 Å². The molecule has 2 fully saturated rings. The van der Waals surface area contributed by atoms with E-state index in [1.807, 2.05) is 24.0 Å². The Hall–Kier alpha value is -2.20. The third-order valence-corrected chi connectivity index (χ3v) is 8.00. The molecule has 10 heteroatoms. The lowest BCUT2D eigenvalue weighted by atomic mass is 9.73. The molecule has 0 radical (unpaired) electrons. The lowest BCUT2D eigenvalue weighted by Gasteiger charge is -2.40. The van der Waals surface area contributed by atoms with Crippen LogP contribution in [0.2, 0.25) is 0 Å². The van der Waals surface area contributed by atoms with E-state index < -0.39 is 9.84 Å². The summed E-state index contributed by atoms with van der Waals surface area (Å²) in [4.78, 5) is 10.4. The molecule has 3 N–H and O–H groups in total. The van der Waals surface area contributed by atoms with Crippen molar-refractivity contribution in [2.75, 3.05) is 16.8 Å². The Morgan fingerprint density at radius 1 is 1.31 bits per heavy atom. The summed E-state index contributed by atoms with van der Waals surface area (Å²) in [7, 11) is -2.92. The lowest BCUT2D eigenvalue weighted by molar-refractivity contribution is -0.0856. The molecule has 4 heterocycles. The van der Waals surface area contributed by atoms with Crippen LogP contribution in [-0.4, -0.2) is 58.1 Å². The number of nitrogens with zero attached hydrogens (tertiary/aromatic N) is 4. The molecular formula is C19H26N6O3S. The van der Waals surface area contributed by atoms with Crippen molar-refractivity contribution in [1.82, 2.24) is 14.8 Å². The van der Waals surface area contributed by atoms with Crippen LogP contribution in [0, 0.1) is 0 Å². The van der Waals surface area contributed by atoms with Crippen LogP contribution in [0.25, 0.3) is 11.0 Å². The molecule has 0 bridgehead atoms. The van der Waals surface area contributed by atoms with Gasteiger partial charge in [0.15, 0.2) is 5.65 Å². The number of anilines is 1. The Balaban J connectivity index is 1.49. The Bertz CT molecular complexity index is 1070. The van der Waals surface area contributed by atoms with E-state index in [2.05, 4.69) is 20.6 Å². The molecule has 9 nitrogen and oxygen atoms in total. The molecule has 2 aromatic heterocycles. The zero-order valence-electron chi connectivity index (χ0n) is 16.5. The summed E-state index contributed by atoms with van der Waals surface area (Å²) in [5, 5.41) is 13.4. The van der Waals surface area contributed by atoms with Gasteiger partial charge in [-0.15, -0.1) is 0 Å². The normalized spacial score (nSPS) is 23.7. The minimum Gasteiger partial charge on any atom is -0.388 e. The van der Waals surface area contributed by atoms with E-state index in [1.54, 1.807) is 0 Å². The van der Waals surface area contributed by atoms with Gasteiger partial charge in [0.25, 0.3) is 0 Å². The molecule has 156 valence electrons. The number of hydrogen-bond donors (Lipinski definition) is 2. The molecule has 5 rings (SSSR count). The number of aryl methyl sites for hydroxylation is 1. The molecule has 1 spiro atoms. The number of aromatic nitrogens is 3. The van der Waals surface area contributed by atoms with E-state index in [0.717, 1.165) is 47.4 Å². The van der Waals surface area contributed by atoms with Gasteiger partial charge in [-0.25, -0.2) is 18.1 Å². The fourth-order valence-corrected chi connectivity index (χ4v) is 6.14.